The molecule has 2 aliphatic rings. The fraction of sp³-hybridized carbons (Fsp3) is 0.115. The quantitative estimate of drug-likeness (QED) is 0.479. The first-order valence-corrected chi connectivity index (χ1v) is 11.5. The molecular weight excluding hydrogens is 516 g/mol. The van der Waals surface area contributed by atoms with Crippen molar-refractivity contribution in [1.82, 2.24) is 15.6 Å². The Morgan fingerprint density at radius 3 is 1.38 bits per heavy atom. The van der Waals surface area contributed by atoms with Gasteiger partial charge in [-0.1, -0.05) is 0 Å². The Kier molecular flexibility index (Phi) is 6.40. The van der Waals surface area contributed by atoms with Crippen LogP contribution in [0.3, 0.4) is 0 Å². The molecule has 8 amide bonds. The van der Waals surface area contributed by atoms with Gasteiger partial charge in [-0.15, -0.1) is 0 Å². The average molecular weight is 533 g/mol. The molecule has 2 atom stereocenters. The fourth-order valence-electron chi connectivity index (χ4n) is 4.65. The molecule has 13 heteroatoms. The Morgan fingerprint density at radius 1 is 0.615 bits per heavy atom. The molecule has 2 fully saturated rings. The first-order chi connectivity index (χ1) is 18.7. The zero-order valence-electron chi connectivity index (χ0n) is 19.7. The summed E-state index contributed by atoms with van der Waals surface area (Å²) >= 11 is 0. The van der Waals surface area contributed by atoms with Gasteiger partial charge in [-0.25, -0.2) is 28.2 Å². The van der Waals surface area contributed by atoms with E-state index < -0.39 is 65.1 Å². The Balaban J connectivity index is 1.62. The summed E-state index contributed by atoms with van der Waals surface area (Å²) in [5.41, 5.74) is 0.0358. The number of imide groups is 4. The van der Waals surface area contributed by atoms with Gasteiger partial charge in [-0.2, -0.15) is 0 Å². The largest absolute Gasteiger partial charge is 0.335 e. The van der Waals surface area contributed by atoms with Crippen molar-refractivity contribution < 1.29 is 37.5 Å². The van der Waals surface area contributed by atoms with Crippen molar-refractivity contribution in [2.75, 3.05) is 9.80 Å². The van der Waals surface area contributed by atoms with Gasteiger partial charge in [0, 0.05) is 18.3 Å². The van der Waals surface area contributed by atoms with Crippen LogP contribution in [0, 0.1) is 23.5 Å². The number of halogens is 2. The molecule has 3 heterocycles. The number of nitrogens with one attached hydrogen (secondary N) is 2. The van der Waals surface area contributed by atoms with Gasteiger partial charge in [0.25, 0.3) is 0 Å². The van der Waals surface area contributed by atoms with Gasteiger partial charge in [0.1, 0.15) is 23.5 Å². The Labute approximate surface area is 218 Å². The summed E-state index contributed by atoms with van der Waals surface area (Å²) in [6, 6.07) is 9.15. The van der Waals surface area contributed by atoms with Gasteiger partial charge in [-0.05, 0) is 66.2 Å². The van der Waals surface area contributed by atoms with E-state index in [1.165, 1.54) is 24.5 Å². The second-order valence-corrected chi connectivity index (χ2v) is 8.65. The van der Waals surface area contributed by atoms with E-state index in [-0.39, 0.29) is 16.9 Å². The van der Waals surface area contributed by atoms with E-state index in [2.05, 4.69) is 15.6 Å². The maximum Gasteiger partial charge on any atom is 0.335 e. The van der Waals surface area contributed by atoms with Crippen LogP contribution in [0.5, 0.6) is 0 Å². The van der Waals surface area contributed by atoms with Crippen molar-refractivity contribution in [3.8, 4) is 0 Å². The Morgan fingerprint density at radius 2 is 1.00 bits per heavy atom. The SMILES string of the molecule is O=C1NC(=O)N(c2ccc(F)cc2)C(=O)[C@H]1C(c1ccncc1)[C@H]1C(=O)NC(=O)N(c2ccc(F)cc2)C1=O. The third-order valence-corrected chi connectivity index (χ3v) is 6.38. The summed E-state index contributed by atoms with van der Waals surface area (Å²) in [6.07, 6.45) is 2.62. The Hall–Kier alpha value is -5.33. The maximum atomic E-state index is 13.7. The molecule has 2 saturated heterocycles. The highest BCUT2D eigenvalue weighted by Gasteiger charge is 2.55. The smallest absolute Gasteiger partial charge is 0.277 e. The van der Waals surface area contributed by atoms with E-state index in [1.807, 2.05) is 0 Å². The lowest BCUT2D eigenvalue weighted by molar-refractivity contribution is -0.140. The first-order valence-electron chi connectivity index (χ1n) is 11.5. The van der Waals surface area contributed by atoms with Gasteiger partial charge >= 0.3 is 12.1 Å². The van der Waals surface area contributed by atoms with Crippen LogP contribution < -0.4 is 20.4 Å². The minimum atomic E-state index is -1.81. The molecule has 39 heavy (non-hydrogen) atoms. The minimum Gasteiger partial charge on any atom is -0.277 e. The van der Waals surface area contributed by atoms with Crippen LogP contribution in [0.2, 0.25) is 0 Å². The molecule has 3 aromatic rings. The molecule has 2 aromatic carbocycles. The number of barbiturate groups is 2. The number of hydrogen-bond donors (Lipinski definition) is 2. The average Bonchev–Trinajstić information content (AvgIpc) is 2.90. The number of carbonyl (C=O) groups is 6. The predicted octanol–water partition coefficient (Wildman–Crippen LogP) is 2.24. The molecule has 0 unspecified atom stereocenters. The number of nitrogens with zero attached hydrogens (tertiary/aromatic N) is 3. The summed E-state index contributed by atoms with van der Waals surface area (Å²) in [4.78, 5) is 84.2. The number of hydrogen-bond acceptors (Lipinski definition) is 7. The second kappa shape index (κ2) is 9.85. The molecule has 0 spiro atoms. The molecule has 196 valence electrons. The number of benzene rings is 2. The molecular formula is C26H17F2N5O6. The molecule has 11 nitrogen and oxygen atoms in total. The third-order valence-electron chi connectivity index (χ3n) is 6.38. The molecule has 0 bridgehead atoms. The van der Waals surface area contributed by atoms with Crippen LogP contribution in [-0.2, 0) is 19.2 Å². The number of amides is 8. The fourth-order valence-corrected chi connectivity index (χ4v) is 4.65. The second-order valence-electron chi connectivity index (χ2n) is 8.65. The molecule has 2 aliphatic heterocycles. The number of carbonyl (C=O) groups excluding carboxylic acids is 6. The normalized spacial score (nSPS) is 19.9. The van der Waals surface area contributed by atoms with E-state index >= 15 is 0 Å². The summed E-state index contributed by atoms with van der Waals surface area (Å²) < 4.78 is 27.0. The monoisotopic (exact) mass is 533 g/mol. The van der Waals surface area contributed by atoms with Crippen molar-refractivity contribution in [3.63, 3.8) is 0 Å². The number of pyridine rings is 1. The summed E-state index contributed by atoms with van der Waals surface area (Å²) in [5.74, 6) is -10.7. The lowest BCUT2D eigenvalue weighted by atomic mass is 9.73. The lowest BCUT2D eigenvalue weighted by Gasteiger charge is -2.39. The number of urea groups is 2. The zero-order valence-corrected chi connectivity index (χ0v) is 19.7. The van der Waals surface area contributed by atoms with Crippen molar-refractivity contribution in [2.45, 2.75) is 5.92 Å². The highest BCUT2D eigenvalue weighted by atomic mass is 19.1. The number of rotatable bonds is 5. The third kappa shape index (κ3) is 4.50. The van der Waals surface area contributed by atoms with E-state index in [4.69, 9.17) is 0 Å². The highest BCUT2D eigenvalue weighted by molar-refractivity contribution is 6.31. The predicted molar refractivity (Wildman–Crippen MR) is 129 cm³/mol. The van der Waals surface area contributed by atoms with Crippen molar-refractivity contribution in [2.24, 2.45) is 11.8 Å². The topological polar surface area (TPSA) is 146 Å². The molecule has 1 aromatic heterocycles. The van der Waals surface area contributed by atoms with E-state index in [9.17, 15) is 37.5 Å². The van der Waals surface area contributed by atoms with Gasteiger partial charge in [0.05, 0.1) is 11.4 Å². The van der Waals surface area contributed by atoms with Gasteiger partial charge in [-0.3, -0.25) is 34.8 Å². The molecule has 0 radical (unpaired) electrons. The van der Waals surface area contributed by atoms with E-state index in [1.54, 1.807) is 0 Å². The van der Waals surface area contributed by atoms with Gasteiger partial charge in [0.2, 0.25) is 23.6 Å². The van der Waals surface area contributed by atoms with Gasteiger partial charge in [0.15, 0.2) is 0 Å². The van der Waals surface area contributed by atoms with Crippen LogP contribution >= 0.6 is 0 Å². The molecule has 2 N–H and O–H groups in total. The maximum absolute atomic E-state index is 13.7. The van der Waals surface area contributed by atoms with Crippen LogP contribution in [0.4, 0.5) is 29.7 Å². The summed E-state index contributed by atoms with van der Waals surface area (Å²) in [5, 5.41) is 4.11. The van der Waals surface area contributed by atoms with E-state index in [0.29, 0.717) is 9.80 Å². The minimum absolute atomic E-state index is 0.0626. The molecule has 0 aliphatic carbocycles. The standard InChI is InChI=1S/C26H17F2N5O6/c27-14-1-5-16(6-2-14)32-23(36)19(21(34)30-25(32)38)18(13-9-11-29-12-10-13)20-22(35)31-26(39)33(24(20)37)17-7-3-15(28)4-8-17/h1-12,18-20H,(H,30,34,38)(H,31,35,39)/t19-,20-/m0/s1. The summed E-state index contributed by atoms with van der Waals surface area (Å²) in [7, 11) is 0. The van der Waals surface area contributed by atoms with Crippen molar-refractivity contribution in [1.29, 1.82) is 0 Å². The zero-order chi connectivity index (χ0) is 27.8. The van der Waals surface area contributed by atoms with Crippen LogP contribution in [0.1, 0.15) is 11.5 Å². The summed E-state index contributed by atoms with van der Waals surface area (Å²) in [6.45, 7) is 0. The van der Waals surface area contributed by atoms with Crippen molar-refractivity contribution >= 4 is 47.1 Å². The van der Waals surface area contributed by atoms with E-state index in [0.717, 1.165) is 48.5 Å². The Bertz CT molecular complexity index is 1420. The molecule has 5 rings (SSSR count). The van der Waals surface area contributed by atoms with Crippen LogP contribution in [0.15, 0.2) is 73.1 Å². The highest BCUT2D eigenvalue weighted by Crippen LogP contribution is 2.39. The lowest BCUT2D eigenvalue weighted by Crippen LogP contribution is -2.64. The van der Waals surface area contributed by atoms with Crippen molar-refractivity contribution in [3.05, 3.63) is 90.3 Å². The van der Waals surface area contributed by atoms with Crippen LogP contribution in [-0.4, -0.2) is 40.7 Å². The first kappa shape index (κ1) is 25.3. The van der Waals surface area contributed by atoms with Gasteiger partial charge < -0.3 is 0 Å². The number of anilines is 2. The molecule has 0 saturated carbocycles. The number of aromatic nitrogens is 1. The van der Waals surface area contributed by atoms with Crippen LogP contribution in [0.25, 0.3) is 0 Å².